The van der Waals surface area contributed by atoms with E-state index in [1.807, 2.05) is 63.1 Å². The van der Waals surface area contributed by atoms with Crippen molar-refractivity contribution in [3.05, 3.63) is 72.3 Å². The molecule has 1 aromatic carbocycles. The van der Waals surface area contributed by atoms with Crippen LogP contribution in [0.4, 0.5) is 0 Å². The van der Waals surface area contributed by atoms with Gasteiger partial charge in [-0.1, -0.05) is 12.1 Å². The molecule has 1 atom stereocenters. The maximum absolute atomic E-state index is 12.8. The van der Waals surface area contributed by atoms with Crippen molar-refractivity contribution in [2.24, 2.45) is 0 Å². The van der Waals surface area contributed by atoms with Crippen LogP contribution in [0.15, 0.2) is 61.2 Å². The van der Waals surface area contributed by atoms with Crippen LogP contribution in [-0.2, 0) is 6.54 Å². The molecule has 3 aromatic rings. The third-order valence-corrected chi connectivity index (χ3v) is 4.69. The van der Waals surface area contributed by atoms with Crippen LogP contribution in [0.5, 0.6) is 0 Å². The van der Waals surface area contributed by atoms with Crippen molar-refractivity contribution in [1.29, 1.82) is 0 Å². The normalized spacial score (nSPS) is 17.6. The number of piperidine rings is 1. The van der Waals surface area contributed by atoms with Gasteiger partial charge >= 0.3 is 0 Å². The highest BCUT2D eigenvalue weighted by Gasteiger charge is 2.25. The first kappa shape index (κ1) is 15.6. The van der Waals surface area contributed by atoms with Crippen LogP contribution >= 0.6 is 0 Å². The molecule has 0 N–H and O–H groups in total. The molecule has 0 aliphatic carbocycles. The fraction of sp³-hybridized carbons (Fsp3) is 0.316. The first-order valence-electron chi connectivity index (χ1n) is 8.64. The summed E-state index contributed by atoms with van der Waals surface area (Å²) in [6, 6.07) is 11.9. The van der Waals surface area contributed by atoms with Gasteiger partial charge in [0.2, 0.25) is 0 Å². The molecule has 25 heavy (non-hydrogen) atoms. The Morgan fingerprint density at radius 1 is 1.08 bits per heavy atom. The number of carbonyl (C=O) groups excluding carboxylic acids is 1. The molecule has 1 aliphatic rings. The molecule has 128 valence electrons. The van der Waals surface area contributed by atoms with Gasteiger partial charge in [-0.3, -0.25) is 14.2 Å². The van der Waals surface area contributed by atoms with Crippen LogP contribution in [0.2, 0.25) is 0 Å². The van der Waals surface area contributed by atoms with Crippen molar-refractivity contribution in [2.75, 3.05) is 13.1 Å². The van der Waals surface area contributed by atoms with E-state index in [0.717, 1.165) is 37.1 Å². The first-order valence-corrected chi connectivity index (χ1v) is 8.64. The molecule has 0 spiro atoms. The minimum absolute atomic E-state index is 0.0995. The molecule has 0 saturated carbocycles. The Hall–Kier alpha value is -2.89. The highest BCUT2D eigenvalue weighted by atomic mass is 16.2. The highest BCUT2D eigenvalue weighted by Crippen LogP contribution is 2.22. The van der Waals surface area contributed by atoms with Gasteiger partial charge in [-0.25, -0.2) is 0 Å². The van der Waals surface area contributed by atoms with Crippen molar-refractivity contribution in [1.82, 2.24) is 24.5 Å². The Kier molecular flexibility index (Phi) is 4.33. The van der Waals surface area contributed by atoms with Gasteiger partial charge in [-0.05, 0) is 42.7 Å². The zero-order valence-electron chi connectivity index (χ0n) is 14.0. The van der Waals surface area contributed by atoms with Crippen molar-refractivity contribution in [3.8, 4) is 0 Å². The average molecular weight is 335 g/mol. The van der Waals surface area contributed by atoms with Crippen LogP contribution in [0, 0.1) is 0 Å². The van der Waals surface area contributed by atoms with E-state index < -0.39 is 0 Å². The van der Waals surface area contributed by atoms with E-state index in [2.05, 4.69) is 10.2 Å². The quantitative estimate of drug-likeness (QED) is 0.736. The van der Waals surface area contributed by atoms with Gasteiger partial charge < -0.3 is 4.90 Å². The topological polar surface area (TPSA) is 56.0 Å². The molecule has 3 heterocycles. The molecule has 2 aromatic heterocycles. The highest BCUT2D eigenvalue weighted by molar-refractivity contribution is 5.94. The predicted octanol–water partition coefficient (Wildman–Crippen LogP) is 2.61. The molecular formula is C19H21N5O. The van der Waals surface area contributed by atoms with E-state index >= 15 is 0 Å². The second-order valence-corrected chi connectivity index (χ2v) is 6.43. The number of nitrogens with zero attached hydrogens (tertiary/aromatic N) is 5. The first-order chi connectivity index (χ1) is 12.3. The molecule has 0 radical (unpaired) electrons. The van der Waals surface area contributed by atoms with Crippen LogP contribution < -0.4 is 0 Å². The second-order valence-electron chi connectivity index (χ2n) is 6.43. The maximum atomic E-state index is 12.8. The Morgan fingerprint density at radius 2 is 1.88 bits per heavy atom. The largest absolute Gasteiger partial charge is 0.337 e. The molecule has 0 bridgehead atoms. The number of carbonyl (C=O) groups is 1. The summed E-state index contributed by atoms with van der Waals surface area (Å²) in [4.78, 5) is 14.8. The van der Waals surface area contributed by atoms with E-state index in [-0.39, 0.29) is 11.9 Å². The summed E-state index contributed by atoms with van der Waals surface area (Å²) in [6.45, 7) is 2.24. The molecule has 1 amide bonds. The monoisotopic (exact) mass is 335 g/mol. The number of likely N-dealkylation sites (tertiary alicyclic amines) is 1. The summed E-state index contributed by atoms with van der Waals surface area (Å²) in [5, 5.41) is 8.53. The zero-order valence-corrected chi connectivity index (χ0v) is 14.0. The summed E-state index contributed by atoms with van der Waals surface area (Å²) in [6.07, 6.45) is 9.54. The van der Waals surface area contributed by atoms with Crippen molar-refractivity contribution >= 4 is 5.91 Å². The van der Waals surface area contributed by atoms with E-state index in [9.17, 15) is 4.79 Å². The molecule has 6 nitrogen and oxygen atoms in total. The number of rotatable bonds is 4. The number of benzene rings is 1. The van der Waals surface area contributed by atoms with Crippen LogP contribution in [-0.4, -0.2) is 43.5 Å². The number of hydrogen-bond donors (Lipinski definition) is 0. The van der Waals surface area contributed by atoms with Crippen LogP contribution in [0.1, 0.15) is 34.8 Å². The van der Waals surface area contributed by atoms with E-state index in [1.54, 1.807) is 12.4 Å². The molecule has 4 rings (SSSR count). The molecule has 1 fully saturated rings. The van der Waals surface area contributed by atoms with Gasteiger partial charge in [0.25, 0.3) is 5.91 Å². The lowest BCUT2D eigenvalue weighted by atomic mass is 10.0. The second kappa shape index (κ2) is 6.93. The minimum Gasteiger partial charge on any atom is -0.337 e. The van der Waals surface area contributed by atoms with Gasteiger partial charge in [0.05, 0.1) is 12.6 Å². The molecule has 0 unspecified atom stereocenters. The van der Waals surface area contributed by atoms with Gasteiger partial charge in [0, 0.05) is 43.4 Å². The van der Waals surface area contributed by atoms with Gasteiger partial charge in [0.15, 0.2) is 0 Å². The van der Waals surface area contributed by atoms with Gasteiger partial charge in [0.1, 0.15) is 0 Å². The number of amides is 1. The number of hydrogen-bond acceptors (Lipinski definition) is 3. The lowest BCUT2D eigenvalue weighted by Gasteiger charge is -2.33. The Labute approximate surface area is 146 Å². The van der Waals surface area contributed by atoms with Crippen molar-refractivity contribution in [2.45, 2.75) is 25.4 Å². The Balaban J connectivity index is 1.43. The Morgan fingerprint density at radius 3 is 2.60 bits per heavy atom. The average Bonchev–Trinajstić information content (AvgIpc) is 3.36. The third kappa shape index (κ3) is 3.47. The molecule has 1 saturated heterocycles. The number of aromatic nitrogens is 4. The summed E-state index contributed by atoms with van der Waals surface area (Å²) in [5.41, 5.74) is 1.87. The molecular weight excluding hydrogens is 314 g/mol. The lowest BCUT2D eigenvalue weighted by Crippen LogP contribution is -2.40. The van der Waals surface area contributed by atoms with Crippen LogP contribution in [0.3, 0.4) is 0 Å². The minimum atomic E-state index is 0.0995. The molecule has 1 aliphatic heterocycles. The third-order valence-electron chi connectivity index (χ3n) is 4.69. The van der Waals surface area contributed by atoms with Gasteiger partial charge in [-0.15, -0.1) is 0 Å². The summed E-state index contributed by atoms with van der Waals surface area (Å²) < 4.78 is 3.84. The SMILES string of the molecule is O=C(c1ccc(Cn2cccn2)cc1)N1CCC[C@@H](n2cccn2)C1. The van der Waals surface area contributed by atoms with Crippen LogP contribution in [0.25, 0.3) is 0 Å². The fourth-order valence-electron chi connectivity index (χ4n) is 3.37. The van der Waals surface area contributed by atoms with E-state index in [1.165, 1.54) is 0 Å². The van der Waals surface area contributed by atoms with E-state index in [4.69, 9.17) is 0 Å². The summed E-state index contributed by atoms with van der Waals surface area (Å²) >= 11 is 0. The predicted molar refractivity (Wildman–Crippen MR) is 94.2 cm³/mol. The standard InChI is InChI=1S/C19H21N5O/c25-19(22-11-1-4-18(15-22)24-13-3-10-21-24)17-7-5-16(6-8-17)14-23-12-2-9-20-23/h2-3,5-10,12-13,18H,1,4,11,14-15H2/t18-/m1/s1. The summed E-state index contributed by atoms with van der Waals surface area (Å²) in [5.74, 6) is 0.0995. The fourth-order valence-corrected chi connectivity index (χ4v) is 3.37. The van der Waals surface area contributed by atoms with Crippen molar-refractivity contribution in [3.63, 3.8) is 0 Å². The molecule has 6 heteroatoms. The smallest absolute Gasteiger partial charge is 0.253 e. The lowest BCUT2D eigenvalue weighted by molar-refractivity contribution is 0.0673. The van der Waals surface area contributed by atoms with Gasteiger partial charge in [-0.2, -0.15) is 10.2 Å². The zero-order chi connectivity index (χ0) is 17.1. The summed E-state index contributed by atoms with van der Waals surface area (Å²) in [7, 11) is 0. The van der Waals surface area contributed by atoms with E-state index in [0.29, 0.717) is 6.54 Å². The maximum Gasteiger partial charge on any atom is 0.253 e. The van der Waals surface area contributed by atoms with Crippen molar-refractivity contribution < 1.29 is 4.79 Å². The Bertz CT molecular complexity index is 808.